The molecule has 90 valence electrons. The van der Waals surface area contributed by atoms with Gasteiger partial charge in [-0.3, -0.25) is 0 Å². The molecule has 1 aromatic carbocycles. The van der Waals surface area contributed by atoms with E-state index in [4.69, 9.17) is 0 Å². The molecule has 1 aromatic rings. The largest absolute Gasteiger partial charge is 0.478 e. The van der Waals surface area contributed by atoms with Crippen molar-refractivity contribution in [3.05, 3.63) is 42.0 Å². The monoisotopic (exact) mass is 231 g/mol. The lowest BCUT2D eigenvalue weighted by Crippen LogP contribution is -2.36. The van der Waals surface area contributed by atoms with Gasteiger partial charge in [-0.15, -0.1) is 6.58 Å². The Labute approximate surface area is 101 Å². The van der Waals surface area contributed by atoms with E-state index in [9.17, 15) is 9.90 Å². The molecule has 0 saturated carbocycles. The number of nitrogens with zero attached hydrogens (tertiary/aromatic N) is 1. The first-order chi connectivity index (χ1) is 8.15. The van der Waals surface area contributed by atoms with Crippen molar-refractivity contribution in [2.45, 2.75) is 25.8 Å². The first-order valence-corrected chi connectivity index (χ1v) is 5.89. The Morgan fingerprint density at radius 2 is 2.35 bits per heavy atom. The second kappa shape index (κ2) is 4.62. The molecule has 1 aliphatic rings. The molecule has 0 radical (unpaired) electrons. The Kier molecular flexibility index (Phi) is 3.18. The van der Waals surface area contributed by atoms with Crippen LogP contribution >= 0.6 is 0 Å². The Bertz CT molecular complexity index is 454. The van der Waals surface area contributed by atoms with Crippen LogP contribution in [0.15, 0.2) is 30.9 Å². The average molecular weight is 231 g/mol. The third-order valence-electron chi connectivity index (χ3n) is 3.35. The summed E-state index contributed by atoms with van der Waals surface area (Å²) in [6, 6.07) is 5.73. The van der Waals surface area contributed by atoms with Crippen LogP contribution in [-0.4, -0.2) is 23.7 Å². The lowest BCUT2D eigenvalue weighted by atomic mass is 9.95. The predicted molar refractivity (Wildman–Crippen MR) is 68.7 cm³/mol. The van der Waals surface area contributed by atoms with Gasteiger partial charge in [-0.1, -0.05) is 12.1 Å². The van der Waals surface area contributed by atoms with Crippen molar-refractivity contribution in [2.24, 2.45) is 0 Å². The molecule has 0 bridgehead atoms. The summed E-state index contributed by atoms with van der Waals surface area (Å²) in [6.07, 6.45) is 3.73. The third-order valence-corrected chi connectivity index (χ3v) is 3.35. The molecule has 1 unspecified atom stereocenters. The Hall–Kier alpha value is -1.77. The average Bonchev–Trinajstić information content (AvgIpc) is 2.36. The van der Waals surface area contributed by atoms with E-state index in [1.807, 2.05) is 18.2 Å². The fourth-order valence-electron chi connectivity index (χ4n) is 2.40. The van der Waals surface area contributed by atoms with E-state index >= 15 is 0 Å². The van der Waals surface area contributed by atoms with Crippen LogP contribution in [-0.2, 0) is 6.42 Å². The molecule has 3 heteroatoms. The van der Waals surface area contributed by atoms with Gasteiger partial charge in [-0.2, -0.15) is 0 Å². The highest BCUT2D eigenvalue weighted by atomic mass is 16.4. The van der Waals surface area contributed by atoms with Crippen LogP contribution in [0.4, 0.5) is 5.69 Å². The fraction of sp³-hybridized carbons (Fsp3) is 0.357. The molecule has 1 atom stereocenters. The van der Waals surface area contributed by atoms with Crippen LogP contribution in [0.1, 0.15) is 29.3 Å². The van der Waals surface area contributed by atoms with E-state index in [0.29, 0.717) is 5.56 Å². The van der Waals surface area contributed by atoms with Crippen molar-refractivity contribution < 1.29 is 9.90 Å². The molecule has 3 nitrogen and oxygen atoms in total. The summed E-state index contributed by atoms with van der Waals surface area (Å²) in [5, 5.41) is 9.18. The second-order valence-electron chi connectivity index (χ2n) is 4.38. The summed E-state index contributed by atoms with van der Waals surface area (Å²) in [6.45, 7) is 6.85. The van der Waals surface area contributed by atoms with E-state index in [2.05, 4.69) is 18.4 Å². The van der Waals surface area contributed by atoms with Crippen molar-refractivity contribution in [3.8, 4) is 0 Å². The smallest absolute Gasteiger partial charge is 0.336 e. The number of anilines is 1. The van der Waals surface area contributed by atoms with Gasteiger partial charge in [0.2, 0.25) is 0 Å². The highest BCUT2D eigenvalue weighted by Gasteiger charge is 2.23. The van der Waals surface area contributed by atoms with Gasteiger partial charge in [0.25, 0.3) is 0 Å². The van der Waals surface area contributed by atoms with Crippen molar-refractivity contribution >= 4 is 11.7 Å². The molecule has 0 amide bonds. The van der Waals surface area contributed by atoms with Crippen molar-refractivity contribution in [3.63, 3.8) is 0 Å². The number of hydrogen-bond acceptors (Lipinski definition) is 2. The lowest BCUT2D eigenvalue weighted by molar-refractivity contribution is 0.0695. The first-order valence-electron chi connectivity index (χ1n) is 5.89. The molecule has 17 heavy (non-hydrogen) atoms. The van der Waals surface area contributed by atoms with Crippen molar-refractivity contribution in [1.82, 2.24) is 0 Å². The maximum absolute atomic E-state index is 11.2. The van der Waals surface area contributed by atoms with Gasteiger partial charge in [0.05, 0.1) is 5.56 Å². The van der Waals surface area contributed by atoms with Crippen LogP contribution in [0.2, 0.25) is 0 Å². The van der Waals surface area contributed by atoms with Gasteiger partial charge in [0.15, 0.2) is 0 Å². The zero-order valence-electron chi connectivity index (χ0n) is 10.0. The number of carbonyl (C=O) groups is 1. The van der Waals surface area contributed by atoms with Gasteiger partial charge >= 0.3 is 5.97 Å². The molecule has 1 aliphatic heterocycles. The molecule has 1 N–H and O–H groups in total. The highest BCUT2D eigenvalue weighted by Crippen LogP contribution is 2.31. The molecular formula is C14H17NO2. The maximum Gasteiger partial charge on any atom is 0.336 e. The summed E-state index contributed by atoms with van der Waals surface area (Å²) in [4.78, 5) is 13.4. The normalized spacial score (nSPS) is 16.2. The van der Waals surface area contributed by atoms with Gasteiger partial charge in [0.1, 0.15) is 0 Å². The molecule has 2 rings (SSSR count). The van der Waals surface area contributed by atoms with Crippen molar-refractivity contribution in [1.29, 1.82) is 0 Å². The fourth-order valence-corrected chi connectivity index (χ4v) is 2.40. The quantitative estimate of drug-likeness (QED) is 0.813. The topological polar surface area (TPSA) is 40.5 Å². The number of hydrogen-bond donors (Lipinski definition) is 1. The van der Waals surface area contributed by atoms with E-state index < -0.39 is 5.97 Å². The SMILES string of the molecule is C=CC(C)N1CCCc2c(C(=O)O)cccc21. The number of benzene rings is 1. The molecular weight excluding hydrogens is 214 g/mol. The predicted octanol–water partition coefficient (Wildman–Crippen LogP) is 2.71. The van der Waals surface area contributed by atoms with Gasteiger partial charge in [0, 0.05) is 18.3 Å². The summed E-state index contributed by atoms with van der Waals surface area (Å²) in [5.74, 6) is -0.838. The molecule has 0 saturated heterocycles. The first kappa shape index (κ1) is 11.7. The summed E-state index contributed by atoms with van der Waals surface area (Å²) >= 11 is 0. The molecule has 0 spiro atoms. The van der Waals surface area contributed by atoms with E-state index in [1.54, 1.807) is 6.07 Å². The summed E-state index contributed by atoms with van der Waals surface area (Å²) in [7, 11) is 0. The zero-order valence-corrected chi connectivity index (χ0v) is 10.0. The number of carboxylic acid groups (broad SMARTS) is 1. The number of rotatable bonds is 3. The lowest BCUT2D eigenvalue weighted by Gasteiger charge is -2.35. The maximum atomic E-state index is 11.2. The van der Waals surface area contributed by atoms with Gasteiger partial charge in [-0.25, -0.2) is 4.79 Å². The van der Waals surface area contributed by atoms with Crippen LogP contribution in [0, 0.1) is 0 Å². The second-order valence-corrected chi connectivity index (χ2v) is 4.38. The van der Waals surface area contributed by atoms with E-state index in [0.717, 1.165) is 30.6 Å². The minimum absolute atomic E-state index is 0.234. The van der Waals surface area contributed by atoms with Crippen LogP contribution in [0.3, 0.4) is 0 Å². The van der Waals surface area contributed by atoms with E-state index in [1.165, 1.54) is 0 Å². The summed E-state index contributed by atoms with van der Waals surface area (Å²) in [5.41, 5.74) is 2.44. The molecule has 1 heterocycles. The van der Waals surface area contributed by atoms with Crippen LogP contribution in [0.5, 0.6) is 0 Å². The minimum atomic E-state index is -0.838. The zero-order chi connectivity index (χ0) is 12.4. The Morgan fingerprint density at radius 3 is 3.00 bits per heavy atom. The summed E-state index contributed by atoms with van der Waals surface area (Å²) < 4.78 is 0. The third kappa shape index (κ3) is 2.05. The molecule has 0 aliphatic carbocycles. The van der Waals surface area contributed by atoms with Gasteiger partial charge in [-0.05, 0) is 37.5 Å². The Morgan fingerprint density at radius 1 is 1.59 bits per heavy atom. The van der Waals surface area contributed by atoms with Crippen LogP contribution < -0.4 is 4.90 Å². The van der Waals surface area contributed by atoms with Crippen molar-refractivity contribution in [2.75, 3.05) is 11.4 Å². The minimum Gasteiger partial charge on any atom is -0.478 e. The van der Waals surface area contributed by atoms with Gasteiger partial charge < -0.3 is 10.0 Å². The van der Waals surface area contributed by atoms with Crippen LogP contribution in [0.25, 0.3) is 0 Å². The highest BCUT2D eigenvalue weighted by molar-refractivity contribution is 5.91. The molecule has 0 aromatic heterocycles. The Balaban J connectivity index is 2.49. The molecule has 0 fully saturated rings. The standard InChI is InChI=1S/C14H17NO2/c1-3-10(2)15-9-5-7-11-12(14(16)17)6-4-8-13(11)15/h3-4,6,8,10H,1,5,7,9H2,2H3,(H,16,17). The van der Waals surface area contributed by atoms with E-state index in [-0.39, 0.29) is 6.04 Å². The number of carboxylic acids is 1. The number of fused-ring (bicyclic) bond motifs is 1. The number of aromatic carboxylic acids is 1.